The number of hydrogen-bond donors (Lipinski definition) is 2. The van der Waals surface area contributed by atoms with Crippen LogP contribution in [0.15, 0.2) is 67.4 Å². The standard InChI is InChI=1S/C32H32FN7O4/c1-2-43-31-25(4-3-9-36-31)26-6-8-28(29(38-26)30(42)37-16-23(41)17-39-11-10-35-20-39)44-24-13-32(14-24)18-40(19-32)27-7-5-22(33)12-21(27)15-34/h3-12,20,23-24,41H,2,13-14,16-19H2,1H3,(H,37,42). The summed E-state index contributed by atoms with van der Waals surface area (Å²) >= 11 is 0. The van der Waals surface area contributed by atoms with Crippen LogP contribution in [-0.4, -0.2) is 69.0 Å². The second-order valence-corrected chi connectivity index (χ2v) is 11.2. The number of hydrogen-bond acceptors (Lipinski definition) is 9. The second kappa shape index (κ2) is 12.3. The van der Waals surface area contributed by atoms with E-state index in [-0.39, 0.29) is 30.3 Å². The number of anilines is 1. The molecule has 44 heavy (non-hydrogen) atoms. The zero-order chi connectivity index (χ0) is 30.7. The smallest absolute Gasteiger partial charge is 0.273 e. The molecule has 4 aromatic rings. The lowest BCUT2D eigenvalue weighted by molar-refractivity contribution is -0.0344. The van der Waals surface area contributed by atoms with Crippen molar-refractivity contribution in [1.29, 1.82) is 5.26 Å². The highest BCUT2D eigenvalue weighted by Gasteiger charge is 2.54. The molecule has 11 nitrogen and oxygen atoms in total. The molecule has 226 valence electrons. The molecule has 1 aromatic carbocycles. The summed E-state index contributed by atoms with van der Waals surface area (Å²) in [5.41, 5.74) is 2.35. The SMILES string of the molecule is CCOc1ncccc1-c1ccc(OC2CC3(C2)CN(c2ccc(F)cc2C#N)C3)c(C(=O)NCC(O)Cn2ccnc2)n1. The van der Waals surface area contributed by atoms with E-state index in [1.807, 2.05) is 13.0 Å². The molecular weight excluding hydrogens is 565 g/mol. The first-order valence-electron chi connectivity index (χ1n) is 14.5. The fourth-order valence-electron chi connectivity index (χ4n) is 5.92. The number of benzene rings is 1. The van der Waals surface area contributed by atoms with Crippen molar-refractivity contribution in [2.75, 3.05) is 31.1 Å². The van der Waals surface area contributed by atoms with E-state index >= 15 is 0 Å². The Morgan fingerprint density at radius 1 is 1.25 bits per heavy atom. The molecule has 3 aromatic heterocycles. The van der Waals surface area contributed by atoms with Crippen molar-refractivity contribution in [3.05, 3.63) is 84.5 Å². The Labute approximate surface area is 253 Å². The Morgan fingerprint density at radius 2 is 2.09 bits per heavy atom. The van der Waals surface area contributed by atoms with E-state index in [1.54, 1.807) is 53.8 Å². The van der Waals surface area contributed by atoms with E-state index in [2.05, 4.69) is 31.2 Å². The number of nitrogens with zero attached hydrogens (tertiary/aromatic N) is 6. The van der Waals surface area contributed by atoms with Gasteiger partial charge in [-0.3, -0.25) is 4.79 Å². The van der Waals surface area contributed by atoms with Gasteiger partial charge >= 0.3 is 0 Å². The van der Waals surface area contributed by atoms with E-state index in [0.717, 1.165) is 31.6 Å². The first-order chi connectivity index (χ1) is 21.4. The number of pyridine rings is 2. The Hall–Kier alpha value is -5.02. The molecule has 1 aliphatic carbocycles. The number of rotatable bonds is 11. The molecule has 1 spiro atoms. The minimum Gasteiger partial charge on any atom is -0.488 e. The number of ether oxygens (including phenoxy) is 2. The Bertz CT molecular complexity index is 1680. The highest BCUT2D eigenvalue weighted by atomic mass is 19.1. The largest absolute Gasteiger partial charge is 0.488 e. The number of carbonyl (C=O) groups excluding carboxylic acids is 1. The average molecular weight is 598 g/mol. The Balaban J connectivity index is 1.16. The van der Waals surface area contributed by atoms with E-state index in [9.17, 15) is 19.6 Å². The van der Waals surface area contributed by atoms with Crippen molar-refractivity contribution in [3.8, 4) is 29.0 Å². The van der Waals surface area contributed by atoms with Gasteiger partial charge in [-0.15, -0.1) is 0 Å². The van der Waals surface area contributed by atoms with E-state index in [4.69, 9.17) is 9.47 Å². The molecule has 2 N–H and O–H groups in total. The number of aromatic nitrogens is 4. The summed E-state index contributed by atoms with van der Waals surface area (Å²) in [5, 5.41) is 22.7. The molecule has 6 rings (SSSR count). The first kappa shape index (κ1) is 29.1. The monoisotopic (exact) mass is 597 g/mol. The van der Waals surface area contributed by atoms with Gasteiger partial charge in [0, 0.05) is 43.6 Å². The number of carbonyl (C=O) groups is 1. The molecule has 0 bridgehead atoms. The van der Waals surface area contributed by atoms with Gasteiger partial charge in [0.15, 0.2) is 11.4 Å². The molecule has 12 heteroatoms. The normalized spacial score (nSPS) is 16.0. The number of nitrogens with one attached hydrogen (secondary N) is 1. The molecule has 1 aliphatic heterocycles. The Morgan fingerprint density at radius 3 is 2.84 bits per heavy atom. The minimum atomic E-state index is -0.834. The summed E-state index contributed by atoms with van der Waals surface area (Å²) in [6.45, 7) is 4.07. The maximum Gasteiger partial charge on any atom is 0.273 e. The van der Waals surface area contributed by atoms with Gasteiger partial charge in [-0.2, -0.15) is 5.26 Å². The third-order valence-corrected chi connectivity index (χ3v) is 7.97. The van der Waals surface area contributed by atoms with Gasteiger partial charge in [0.25, 0.3) is 5.91 Å². The summed E-state index contributed by atoms with van der Waals surface area (Å²) in [5.74, 6) is -0.145. The van der Waals surface area contributed by atoms with E-state index < -0.39 is 17.8 Å². The maximum atomic E-state index is 13.6. The summed E-state index contributed by atoms with van der Waals surface area (Å²) in [7, 11) is 0. The lowest BCUT2D eigenvalue weighted by atomic mass is 9.61. The highest BCUT2D eigenvalue weighted by molar-refractivity contribution is 5.95. The van der Waals surface area contributed by atoms with Crippen LogP contribution in [0, 0.1) is 22.6 Å². The van der Waals surface area contributed by atoms with Gasteiger partial charge < -0.3 is 29.4 Å². The summed E-state index contributed by atoms with van der Waals surface area (Å²) in [6, 6.07) is 13.5. The van der Waals surface area contributed by atoms with Crippen molar-refractivity contribution in [3.63, 3.8) is 0 Å². The predicted octanol–water partition coefficient (Wildman–Crippen LogP) is 3.59. The zero-order valence-electron chi connectivity index (χ0n) is 24.2. The van der Waals surface area contributed by atoms with Crippen LogP contribution >= 0.6 is 0 Å². The summed E-state index contributed by atoms with van der Waals surface area (Å²) in [6.07, 6.45) is 7.18. The first-order valence-corrected chi connectivity index (χ1v) is 14.5. The highest BCUT2D eigenvalue weighted by Crippen LogP contribution is 2.51. The molecule has 4 heterocycles. The number of aliphatic hydroxyl groups is 1. The minimum absolute atomic E-state index is 0.00982. The van der Waals surface area contributed by atoms with E-state index in [0.29, 0.717) is 35.1 Å². The van der Waals surface area contributed by atoms with Crippen LogP contribution in [0.2, 0.25) is 0 Å². The molecule has 1 unspecified atom stereocenters. The molecule has 2 aliphatic rings. The number of amides is 1. The fraction of sp³-hybridized carbons (Fsp3) is 0.344. The summed E-state index contributed by atoms with van der Waals surface area (Å²) < 4.78 is 27.3. The van der Waals surface area contributed by atoms with Crippen molar-refractivity contribution in [1.82, 2.24) is 24.8 Å². The molecule has 1 amide bonds. The lowest BCUT2D eigenvalue weighted by Crippen LogP contribution is -2.65. The topological polar surface area (TPSA) is 138 Å². The number of halogens is 1. The lowest BCUT2D eigenvalue weighted by Gasteiger charge is -2.59. The quantitative estimate of drug-likeness (QED) is 0.266. The third kappa shape index (κ3) is 6.05. The number of imidazole rings is 1. The van der Waals surface area contributed by atoms with Gasteiger partial charge in [-0.25, -0.2) is 19.3 Å². The molecule has 1 saturated carbocycles. The van der Waals surface area contributed by atoms with Crippen LogP contribution in [-0.2, 0) is 6.54 Å². The number of aliphatic hydroxyl groups excluding tert-OH is 1. The predicted molar refractivity (Wildman–Crippen MR) is 159 cm³/mol. The van der Waals surface area contributed by atoms with Gasteiger partial charge in [-0.1, -0.05) is 0 Å². The molecular formula is C32H32FN7O4. The van der Waals surface area contributed by atoms with Crippen LogP contribution in [0.5, 0.6) is 11.6 Å². The van der Waals surface area contributed by atoms with Gasteiger partial charge in [0.2, 0.25) is 5.88 Å². The van der Waals surface area contributed by atoms with Crippen molar-refractivity contribution < 1.29 is 23.8 Å². The molecule has 1 atom stereocenters. The molecule has 0 radical (unpaired) electrons. The van der Waals surface area contributed by atoms with Crippen LogP contribution < -0.4 is 19.7 Å². The second-order valence-electron chi connectivity index (χ2n) is 11.2. The fourth-order valence-corrected chi connectivity index (χ4v) is 5.92. The van der Waals surface area contributed by atoms with Crippen LogP contribution in [0.1, 0.15) is 35.8 Å². The molecule has 1 saturated heterocycles. The van der Waals surface area contributed by atoms with Crippen molar-refractivity contribution >= 4 is 11.6 Å². The van der Waals surface area contributed by atoms with Crippen LogP contribution in [0.25, 0.3) is 11.3 Å². The summed E-state index contributed by atoms with van der Waals surface area (Å²) in [4.78, 5) is 28.5. The van der Waals surface area contributed by atoms with E-state index in [1.165, 1.54) is 12.1 Å². The Kier molecular flexibility index (Phi) is 8.13. The van der Waals surface area contributed by atoms with Crippen LogP contribution in [0.3, 0.4) is 0 Å². The van der Waals surface area contributed by atoms with Gasteiger partial charge in [0.05, 0.1) is 48.1 Å². The van der Waals surface area contributed by atoms with Crippen LogP contribution in [0.4, 0.5) is 10.1 Å². The number of nitriles is 1. The van der Waals surface area contributed by atoms with Crippen molar-refractivity contribution in [2.24, 2.45) is 5.41 Å². The maximum absolute atomic E-state index is 13.6. The van der Waals surface area contributed by atoms with Gasteiger partial charge in [-0.05, 0) is 62.2 Å². The van der Waals surface area contributed by atoms with Crippen molar-refractivity contribution in [2.45, 2.75) is 38.5 Å². The third-order valence-electron chi connectivity index (χ3n) is 7.97. The average Bonchev–Trinajstić information content (AvgIpc) is 3.50. The van der Waals surface area contributed by atoms with Gasteiger partial charge in [0.1, 0.15) is 18.0 Å². The zero-order valence-corrected chi connectivity index (χ0v) is 24.2. The molecule has 2 fully saturated rings.